The van der Waals surface area contributed by atoms with Crippen molar-refractivity contribution in [3.63, 3.8) is 0 Å². The third-order valence-electron chi connectivity index (χ3n) is 6.57. The van der Waals surface area contributed by atoms with Crippen molar-refractivity contribution in [2.75, 3.05) is 11.4 Å². The quantitative estimate of drug-likeness (QED) is 0.698. The van der Waals surface area contributed by atoms with Crippen LogP contribution >= 0.6 is 11.3 Å². The van der Waals surface area contributed by atoms with E-state index in [1.807, 2.05) is 12.3 Å². The topological polar surface area (TPSA) is 45.2 Å². The molecule has 3 heterocycles. The van der Waals surface area contributed by atoms with Crippen LogP contribution in [0.2, 0.25) is 0 Å². The molecule has 2 aromatic heterocycles. The summed E-state index contributed by atoms with van der Waals surface area (Å²) in [7, 11) is 0. The number of amides is 1. The molecule has 0 bridgehead atoms. The first kappa shape index (κ1) is 17.7. The van der Waals surface area contributed by atoms with Crippen LogP contribution < -0.4 is 10.2 Å². The van der Waals surface area contributed by atoms with Crippen molar-refractivity contribution >= 4 is 33.8 Å². The first-order chi connectivity index (χ1) is 13.7. The summed E-state index contributed by atoms with van der Waals surface area (Å²) in [5, 5.41) is 8.71. The Balaban J connectivity index is 1.41. The third-order valence-corrected chi connectivity index (χ3v) is 7.24. The van der Waals surface area contributed by atoms with Gasteiger partial charge in [0, 0.05) is 48.2 Å². The second-order valence-electron chi connectivity index (χ2n) is 8.28. The number of carbonyl (C=O) groups is 1. The summed E-state index contributed by atoms with van der Waals surface area (Å²) in [6.07, 6.45) is 7.20. The molecule has 5 heteroatoms. The minimum Gasteiger partial charge on any atom is -0.364 e. The fourth-order valence-corrected chi connectivity index (χ4v) is 5.61. The molecular weight excluding hydrogens is 366 g/mol. The van der Waals surface area contributed by atoms with Crippen molar-refractivity contribution in [3.05, 3.63) is 58.9 Å². The van der Waals surface area contributed by atoms with Crippen LogP contribution in [0.3, 0.4) is 0 Å². The molecule has 2 fully saturated rings. The van der Waals surface area contributed by atoms with Gasteiger partial charge in [0.05, 0.1) is 5.52 Å². The van der Waals surface area contributed by atoms with Crippen LogP contribution in [0.4, 0.5) is 5.69 Å². The van der Waals surface area contributed by atoms with Gasteiger partial charge in [-0.1, -0.05) is 18.2 Å². The van der Waals surface area contributed by atoms with Crippen molar-refractivity contribution in [2.24, 2.45) is 5.41 Å². The molecule has 1 saturated heterocycles. The van der Waals surface area contributed by atoms with E-state index in [0.29, 0.717) is 12.5 Å². The van der Waals surface area contributed by atoms with Gasteiger partial charge in [0.1, 0.15) is 0 Å². The monoisotopic (exact) mass is 391 g/mol. The molecule has 1 saturated carbocycles. The molecule has 4 nitrogen and oxygen atoms in total. The smallest absolute Gasteiger partial charge is 0.220 e. The second kappa shape index (κ2) is 7.21. The predicted molar refractivity (Wildman–Crippen MR) is 115 cm³/mol. The van der Waals surface area contributed by atoms with Crippen molar-refractivity contribution in [3.8, 4) is 0 Å². The highest BCUT2D eigenvalue weighted by molar-refractivity contribution is 7.08. The molecule has 1 aliphatic carbocycles. The Bertz CT molecular complexity index is 971. The van der Waals surface area contributed by atoms with E-state index in [2.05, 4.69) is 56.3 Å². The van der Waals surface area contributed by atoms with Gasteiger partial charge in [-0.15, -0.1) is 0 Å². The van der Waals surface area contributed by atoms with Crippen molar-refractivity contribution in [1.29, 1.82) is 0 Å². The average molecular weight is 392 g/mol. The van der Waals surface area contributed by atoms with Gasteiger partial charge in [-0.25, -0.2) is 0 Å². The molecule has 144 valence electrons. The number of para-hydroxylation sites is 1. The Labute approximate surface area is 169 Å². The summed E-state index contributed by atoms with van der Waals surface area (Å²) in [5.74, 6) is 0.233. The number of rotatable bonds is 4. The van der Waals surface area contributed by atoms with Crippen LogP contribution in [0.5, 0.6) is 0 Å². The van der Waals surface area contributed by atoms with Crippen LogP contribution in [0.1, 0.15) is 37.7 Å². The maximum absolute atomic E-state index is 11.8. The van der Waals surface area contributed by atoms with Crippen molar-refractivity contribution < 1.29 is 4.79 Å². The maximum Gasteiger partial charge on any atom is 0.220 e. The Morgan fingerprint density at radius 3 is 2.79 bits per heavy atom. The number of carbonyl (C=O) groups excluding carboxylic acids is 1. The zero-order valence-electron chi connectivity index (χ0n) is 15.9. The predicted octanol–water partition coefficient (Wildman–Crippen LogP) is 4.75. The fraction of sp³-hybridized carbons (Fsp3) is 0.391. The minimum atomic E-state index is 0.206. The van der Waals surface area contributed by atoms with E-state index in [-0.39, 0.29) is 11.3 Å². The highest BCUT2D eigenvalue weighted by Gasteiger charge is 2.42. The summed E-state index contributed by atoms with van der Waals surface area (Å²) < 4.78 is 0. The fourth-order valence-electron chi connectivity index (χ4n) is 4.96. The van der Waals surface area contributed by atoms with E-state index in [1.54, 1.807) is 11.3 Å². The van der Waals surface area contributed by atoms with E-state index in [4.69, 9.17) is 0 Å². The number of hydrogen-bond donors (Lipinski definition) is 1. The lowest BCUT2D eigenvalue weighted by Crippen LogP contribution is -2.41. The number of thiophene rings is 1. The maximum atomic E-state index is 11.8. The molecule has 2 aliphatic rings. The van der Waals surface area contributed by atoms with E-state index >= 15 is 0 Å². The molecule has 0 atom stereocenters. The zero-order chi connectivity index (χ0) is 19.0. The Kier molecular flexibility index (Phi) is 4.55. The van der Waals surface area contributed by atoms with Crippen LogP contribution in [0.15, 0.2) is 53.4 Å². The lowest BCUT2D eigenvalue weighted by Gasteiger charge is -2.42. The molecule has 0 radical (unpaired) electrons. The summed E-state index contributed by atoms with van der Waals surface area (Å²) in [6, 6.07) is 13.3. The lowest BCUT2D eigenvalue weighted by atomic mass is 9.71. The van der Waals surface area contributed by atoms with E-state index in [0.717, 1.165) is 44.3 Å². The Morgan fingerprint density at radius 2 is 2.04 bits per heavy atom. The molecule has 0 unspecified atom stereocenters. The van der Waals surface area contributed by atoms with Gasteiger partial charge in [-0.05, 0) is 60.2 Å². The summed E-state index contributed by atoms with van der Waals surface area (Å²) in [4.78, 5) is 18.9. The minimum absolute atomic E-state index is 0.206. The van der Waals surface area contributed by atoms with Gasteiger partial charge in [0.15, 0.2) is 0 Å². The number of anilines is 1. The molecule has 28 heavy (non-hydrogen) atoms. The molecule has 1 spiro atoms. The van der Waals surface area contributed by atoms with E-state index in [1.165, 1.54) is 16.6 Å². The first-order valence-electron chi connectivity index (χ1n) is 10.1. The third kappa shape index (κ3) is 3.28. The van der Waals surface area contributed by atoms with Crippen LogP contribution in [0, 0.1) is 5.41 Å². The van der Waals surface area contributed by atoms with E-state index in [9.17, 15) is 4.79 Å². The molecule has 5 rings (SSSR count). The normalized spacial score (nSPS) is 24.6. The number of hydrogen-bond acceptors (Lipinski definition) is 4. The van der Waals surface area contributed by atoms with Gasteiger partial charge in [0.2, 0.25) is 5.91 Å². The van der Waals surface area contributed by atoms with Crippen LogP contribution in [-0.4, -0.2) is 23.5 Å². The Hall–Kier alpha value is -2.40. The van der Waals surface area contributed by atoms with Crippen molar-refractivity contribution in [2.45, 2.75) is 44.7 Å². The van der Waals surface area contributed by atoms with E-state index < -0.39 is 0 Å². The average Bonchev–Trinajstić information content (AvgIpc) is 3.38. The number of benzene rings is 1. The number of nitrogens with one attached hydrogen (secondary N) is 1. The van der Waals surface area contributed by atoms with Gasteiger partial charge in [-0.3, -0.25) is 9.78 Å². The molecule has 1 amide bonds. The Morgan fingerprint density at radius 1 is 1.18 bits per heavy atom. The molecule has 3 aromatic rings. The summed E-state index contributed by atoms with van der Waals surface area (Å²) >= 11 is 1.76. The van der Waals surface area contributed by atoms with Gasteiger partial charge in [0.25, 0.3) is 0 Å². The number of fused-ring (bicyclic) bond motifs is 1. The summed E-state index contributed by atoms with van der Waals surface area (Å²) in [6.45, 7) is 1.76. The van der Waals surface area contributed by atoms with Gasteiger partial charge >= 0.3 is 0 Å². The van der Waals surface area contributed by atoms with Crippen LogP contribution in [-0.2, 0) is 11.3 Å². The molecule has 1 N–H and O–H groups in total. The second-order valence-corrected chi connectivity index (χ2v) is 9.06. The SMILES string of the molecule is O=C1CC2(CCC(N(Cc3ccnc4ccccc34)c3ccsc3)CC2)CN1. The number of pyridine rings is 1. The molecule has 1 aliphatic heterocycles. The zero-order valence-corrected chi connectivity index (χ0v) is 16.8. The van der Waals surface area contributed by atoms with Gasteiger partial charge in [-0.2, -0.15) is 11.3 Å². The molecule has 1 aromatic carbocycles. The lowest BCUT2D eigenvalue weighted by molar-refractivity contribution is -0.119. The standard InChI is InChI=1S/C23H25N3OS/c27-22-13-23(16-25-22)9-5-18(6-10-23)26(19-8-12-28-15-19)14-17-7-11-24-21-4-2-1-3-20(17)21/h1-4,7-8,11-12,15,18H,5-6,9-10,13-14,16H2,(H,25,27). The van der Waals surface area contributed by atoms with Crippen LogP contribution in [0.25, 0.3) is 10.9 Å². The highest BCUT2D eigenvalue weighted by atomic mass is 32.1. The molecular formula is C23H25N3OS. The largest absolute Gasteiger partial charge is 0.364 e. The van der Waals surface area contributed by atoms with Crippen molar-refractivity contribution in [1.82, 2.24) is 10.3 Å². The number of aromatic nitrogens is 1. The van der Waals surface area contributed by atoms with Gasteiger partial charge < -0.3 is 10.2 Å². The number of nitrogens with zero attached hydrogens (tertiary/aromatic N) is 2. The first-order valence-corrected chi connectivity index (χ1v) is 11.0. The highest BCUT2D eigenvalue weighted by Crippen LogP contribution is 2.43. The summed E-state index contributed by atoms with van der Waals surface area (Å²) in [5.41, 5.74) is 3.91.